The first-order chi connectivity index (χ1) is 14.7. The van der Waals surface area contributed by atoms with Gasteiger partial charge in [0.1, 0.15) is 10.8 Å². The number of nitrogens with zero attached hydrogens (tertiary/aromatic N) is 2. The summed E-state index contributed by atoms with van der Waals surface area (Å²) in [5.74, 6) is 0.598. The number of hydrogen-bond acceptors (Lipinski definition) is 5. The molecular weight excluding hydrogens is 453 g/mol. The number of halogens is 2. The highest BCUT2D eigenvalue weighted by Gasteiger charge is 2.15. The van der Waals surface area contributed by atoms with Crippen molar-refractivity contribution in [3.63, 3.8) is 0 Å². The van der Waals surface area contributed by atoms with Crippen LogP contribution in [0.25, 0.3) is 26.2 Å². The Labute approximate surface area is 195 Å². The van der Waals surface area contributed by atoms with Gasteiger partial charge >= 0.3 is 0 Å². The molecule has 5 rings (SSSR count). The van der Waals surface area contributed by atoms with Crippen molar-refractivity contribution in [2.24, 2.45) is 0 Å². The molecule has 1 aliphatic heterocycles. The van der Waals surface area contributed by atoms with E-state index in [1.54, 1.807) is 17.0 Å². The number of fused-ring (bicyclic) bond motifs is 1. The molecule has 0 spiro atoms. The van der Waals surface area contributed by atoms with Gasteiger partial charge in [0.15, 0.2) is 0 Å². The van der Waals surface area contributed by atoms with Crippen molar-refractivity contribution in [2.75, 3.05) is 13.1 Å². The van der Waals surface area contributed by atoms with E-state index in [1.165, 1.54) is 11.3 Å². The highest BCUT2D eigenvalue weighted by molar-refractivity contribution is 7.22. The van der Waals surface area contributed by atoms with Gasteiger partial charge in [-0.1, -0.05) is 23.7 Å². The third-order valence-electron chi connectivity index (χ3n) is 5.28. The lowest BCUT2D eigenvalue weighted by Gasteiger charge is -2.23. The first-order valence-corrected chi connectivity index (χ1v) is 11.1. The van der Waals surface area contributed by atoms with Crippen molar-refractivity contribution < 1.29 is 4.74 Å². The molecule has 0 saturated carbocycles. The van der Waals surface area contributed by atoms with Crippen molar-refractivity contribution in [1.29, 1.82) is 0 Å². The lowest BCUT2D eigenvalue weighted by Crippen LogP contribution is -2.34. The summed E-state index contributed by atoms with van der Waals surface area (Å²) in [5.41, 5.74) is 1.72. The zero-order chi connectivity index (χ0) is 20.5. The van der Waals surface area contributed by atoms with Crippen LogP contribution in [0.1, 0.15) is 12.8 Å². The SMILES string of the molecule is Cl.O=c1c2sc(-c3ccc(Cl)cc3)cc2ccn1-c1ccc(OC2CCNCC2)nc1. The Bertz CT molecular complexity index is 1230. The van der Waals surface area contributed by atoms with E-state index in [4.69, 9.17) is 16.3 Å². The molecule has 0 aliphatic carbocycles. The molecule has 0 unspecified atom stereocenters. The van der Waals surface area contributed by atoms with Crippen molar-refractivity contribution in [2.45, 2.75) is 18.9 Å². The molecule has 0 amide bonds. The Morgan fingerprint density at radius 3 is 2.58 bits per heavy atom. The van der Waals surface area contributed by atoms with Crippen LogP contribution in [0.4, 0.5) is 0 Å². The largest absolute Gasteiger partial charge is 0.474 e. The fourth-order valence-electron chi connectivity index (χ4n) is 3.66. The summed E-state index contributed by atoms with van der Waals surface area (Å²) in [6.07, 6.45) is 5.65. The smallest absolute Gasteiger partial charge is 0.273 e. The molecule has 1 fully saturated rings. The van der Waals surface area contributed by atoms with Gasteiger partial charge in [-0.25, -0.2) is 4.98 Å². The molecule has 8 heteroatoms. The van der Waals surface area contributed by atoms with Gasteiger partial charge in [-0.15, -0.1) is 23.7 Å². The predicted octanol–water partition coefficient (Wildman–Crippen LogP) is 5.32. The maximum atomic E-state index is 13.1. The first kappa shape index (κ1) is 21.8. The van der Waals surface area contributed by atoms with E-state index < -0.39 is 0 Å². The summed E-state index contributed by atoms with van der Waals surface area (Å²) >= 11 is 7.48. The monoisotopic (exact) mass is 473 g/mol. The van der Waals surface area contributed by atoms with E-state index in [0.29, 0.717) is 10.9 Å². The quantitative estimate of drug-likeness (QED) is 0.435. The van der Waals surface area contributed by atoms with Crippen LogP contribution in [-0.2, 0) is 0 Å². The number of benzene rings is 1. The highest BCUT2D eigenvalue weighted by atomic mass is 35.5. The van der Waals surface area contributed by atoms with Gasteiger partial charge < -0.3 is 10.1 Å². The molecule has 3 aromatic heterocycles. The fourth-order valence-corrected chi connectivity index (χ4v) is 4.87. The van der Waals surface area contributed by atoms with Gasteiger partial charge in [0, 0.05) is 27.5 Å². The standard InChI is InChI=1S/C23H20ClN3O2S.ClH/c24-17-3-1-15(2-4-17)20-13-16-9-12-27(23(28)22(16)30-20)18-5-6-21(26-14-18)29-19-7-10-25-11-8-19;/h1-6,9,12-14,19,25H,7-8,10-11H2;1H. The Hall–Kier alpha value is -2.38. The number of ether oxygens (including phenoxy) is 1. The van der Waals surface area contributed by atoms with Crippen molar-refractivity contribution in [1.82, 2.24) is 14.9 Å². The summed E-state index contributed by atoms with van der Waals surface area (Å²) < 4.78 is 8.31. The Kier molecular flexibility index (Phi) is 6.62. The average Bonchev–Trinajstić information content (AvgIpc) is 3.21. The maximum Gasteiger partial charge on any atom is 0.273 e. The number of aromatic nitrogens is 2. The van der Waals surface area contributed by atoms with Crippen LogP contribution >= 0.6 is 35.3 Å². The van der Waals surface area contributed by atoms with Gasteiger partial charge in [0.25, 0.3) is 5.56 Å². The van der Waals surface area contributed by atoms with Gasteiger partial charge in [-0.3, -0.25) is 9.36 Å². The van der Waals surface area contributed by atoms with E-state index in [9.17, 15) is 4.79 Å². The van der Waals surface area contributed by atoms with E-state index in [0.717, 1.165) is 52.1 Å². The van der Waals surface area contributed by atoms with Crippen molar-refractivity contribution >= 4 is 45.4 Å². The van der Waals surface area contributed by atoms with Crippen LogP contribution in [0.15, 0.2) is 65.7 Å². The van der Waals surface area contributed by atoms with E-state index in [-0.39, 0.29) is 24.1 Å². The van der Waals surface area contributed by atoms with Gasteiger partial charge in [-0.05, 0) is 61.8 Å². The number of hydrogen-bond donors (Lipinski definition) is 1. The van der Waals surface area contributed by atoms with Gasteiger partial charge in [-0.2, -0.15) is 0 Å². The van der Waals surface area contributed by atoms with Crippen LogP contribution in [0.2, 0.25) is 5.02 Å². The summed E-state index contributed by atoms with van der Waals surface area (Å²) in [6, 6.07) is 15.4. The molecule has 160 valence electrons. The zero-order valence-electron chi connectivity index (χ0n) is 16.6. The minimum absolute atomic E-state index is 0. The second-order valence-corrected chi connectivity index (χ2v) is 8.80. The minimum atomic E-state index is -0.0495. The minimum Gasteiger partial charge on any atom is -0.474 e. The normalized spacial score (nSPS) is 14.4. The molecule has 0 bridgehead atoms. The lowest BCUT2D eigenvalue weighted by molar-refractivity contribution is 0.156. The van der Waals surface area contributed by atoms with Crippen molar-refractivity contribution in [3.8, 4) is 22.0 Å². The Morgan fingerprint density at radius 1 is 1.10 bits per heavy atom. The summed E-state index contributed by atoms with van der Waals surface area (Å²) in [4.78, 5) is 18.6. The second-order valence-electron chi connectivity index (χ2n) is 7.31. The molecule has 1 saturated heterocycles. The van der Waals surface area contributed by atoms with Crippen LogP contribution in [0.5, 0.6) is 5.88 Å². The summed E-state index contributed by atoms with van der Waals surface area (Å²) in [6.45, 7) is 1.94. The summed E-state index contributed by atoms with van der Waals surface area (Å²) in [7, 11) is 0. The van der Waals surface area contributed by atoms with Crippen LogP contribution in [-0.4, -0.2) is 28.7 Å². The maximum absolute atomic E-state index is 13.1. The van der Waals surface area contributed by atoms with E-state index >= 15 is 0 Å². The Balaban J connectivity index is 0.00000231. The molecule has 1 N–H and O–H groups in total. The summed E-state index contributed by atoms with van der Waals surface area (Å²) in [5, 5.41) is 4.95. The molecule has 1 aromatic carbocycles. The highest BCUT2D eigenvalue weighted by Crippen LogP contribution is 2.32. The van der Waals surface area contributed by atoms with E-state index in [1.807, 2.05) is 48.5 Å². The molecule has 31 heavy (non-hydrogen) atoms. The number of thiophene rings is 1. The lowest BCUT2D eigenvalue weighted by atomic mass is 10.1. The molecule has 1 aliphatic rings. The fraction of sp³-hybridized carbons (Fsp3) is 0.217. The predicted molar refractivity (Wildman–Crippen MR) is 129 cm³/mol. The number of pyridine rings is 2. The van der Waals surface area contributed by atoms with Crippen LogP contribution < -0.4 is 15.6 Å². The topological polar surface area (TPSA) is 56.1 Å². The Morgan fingerprint density at radius 2 is 1.87 bits per heavy atom. The molecular formula is C23H21Cl2N3O2S. The van der Waals surface area contributed by atoms with Crippen molar-refractivity contribution in [3.05, 3.63) is 76.3 Å². The molecule has 4 aromatic rings. The molecule has 0 radical (unpaired) electrons. The van der Waals surface area contributed by atoms with E-state index in [2.05, 4.69) is 10.3 Å². The molecule has 0 atom stereocenters. The zero-order valence-corrected chi connectivity index (χ0v) is 19.0. The molecule has 5 nitrogen and oxygen atoms in total. The van der Waals surface area contributed by atoms with Crippen LogP contribution in [0.3, 0.4) is 0 Å². The third kappa shape index (κ3) is 4.62. The third-order valence-corrected chi connectivity index (χ3v) is 6.72. The number of nitrogens with one attached hydrogen (secondary N) is 1. The van der Waals surface area contributed by atoms with Gasteiger partial charge in [0.05, 0.1) is 11.9 Å². The average molecular weight is 474 g/mol. The molecule has 4 heterocycles. The van der Waals surface area contributed by atoms with Crippen LogP contribution in [0, 0.1) is 0 Å². The first-order valence-electron chi connectivity index (χ1n) is 9.92. The second kappa shape index (κ2) is 9.40. The number of rotatable bonds is 4. The number of piperidine rings is 1. The van der Waals surface area contributed by atoms with Gasteiger partial charge in [0.2, 0.25) is 5.88 Å².